The number of amides is 1. The molecule has 0 aliphatic carbocycles. The number of likely N-dealkylation sites (N-methyl/N-ethyl adjacent to an activating group) is 1. The number of benzene rings is 2. The molecule has 7 heteroatoms. The lowest BCUT2D eigenvalue weighted by atomic mass is 10.2. The number of fused-ring (bicyclic) bond motifs is 1. The van der Waals surface area contributed by atoms with Gasteiger partial charge in [-0.25, -0.2) is 9.18 Å². The van der Waals surface area contributed by atoms with Crippen LogP contribution in [0.15, 0.2) is 48.5 Å². The van der Waals surface area contributed by atoms with Gasteiger partial charge in [0.2, 0.25) is 0 Å². The van der Waals surface area contributed by atoms with Gasteiger partial charge in [0.05, 0.1) is 5.52 Å². The monoisotopic (exact) mass is 341 g/mol. The van der Waals surface area contributed by atoms with E-state index in [1.165, 1.54) is 17.0 Å². The number of nitrogens with zero attached hydrogens (tertiary/aromatic N) is 2. The topological polar surface area (TPSA) is 75.3 Å². The van der Waals surface area contributed by atoms with Crippen LogP contribution in [0.25, 0.3) is 10.9 Å². The molecule has 0 radical (unpaired) electrons. The normalized spacial score (nSPS) is 10.6. The van der Waals surface area contributed by atoms with E-state index in [4.69, 9.17) is 4.74 Å². The zero-order valence-corrected chi connectivity index (χ0v) is 13.5. The molecule has 3 rings (SSSR count). The maximum atomic E-state index is 13.2. The molecule has 0 saturated heterocycles. The van der Waals surface area contributed by atoms with Crippen molar-refractivity contribution in [2.45, 2.75) is 6.54 Å². The number of para-hydroxylation sites is 1. The first kappa shape index (κ1) is 16.6. The van der Waals surface area contributed by atoms with E-state index in [1.54, 1.807) is 37.4 Å². The minimum Gasteiger partial charge on any atom is -0.451 e. The standard InChI is InChI=1S/C18H16FN3O3/c1-22(10-12-5-4-6-13(19)9-12)16(23)11-25-18(24)17-14-7-2-3-8-15(14)20-21-17/h2-9H,10-11H2,1H3,(H,20,21). The fraction of sp³-hybridized carbons (Fsp3) is 0.167. The molecule has 0 atom stereocenters. The van der Waals surface area contributed by atoms with Crippen molar-refractivity contribution in [2.24, 2.45) is 0 Å². The summed E-state index contributed by atoms with van der Waals surface area (Å²) in [5.41, 5.74) is 1.50. The number of rotatable bonds is 5. The third kappa shape index (κ3) is 3.82. The first-order chi connectivity index (χ1) is 12.0. The fourth-order valence-electron chi connectivity index (χ4n) is 2.42. The van der Waals surface area contributed by atoms with Gasteiger partial charge in [-0.05, 0) is 23.8 Å². The van der Waals surface area contributed by atoms with E-state index in [2.05, 4.69) is 10.2 Å². The van der Waals surface area contributed by atoms with Crippen LogP contribution in [-0.2, 0) is 16.1 Å². The summed E-state index contributed by atoms with van der Waals surface area (Å²) in [7, 11) is 1.56. The molecule has 0 fully saturated rings. The van der Waals surface area contributed by atoms with Crippen LogP contribution in [0.2, 0.25) is 0 Å². The zero-order valence-electron chi connectivity index (χ0n) is 13.5. The van der Waals surface area contributed by atoms with Gasteiger partial charge in [0.15, 0.2) is 12.3 Å². The van der Waals surface area contributed by atoms with Crippen LogP contribution < -0.4 is 0 Å². The summed E-state index contributed by atoms with van der Waals surface area (Å²) in [6, 6.07) is 13.1. The first-order valence-electron chi connectivity index (χ1n) is 7.63. The number of carbonyl (C=O) groups excluding carboxylic acids is 2. The third-order valence-electron chi connectivity index (χ3n) is 3.72. The quantitative estimate of drug-likeness (QED) is 0.724. The highest BCUT2D eigenvalue weighted by Crippen LogP contribution is 2.16. The first-order valence-corrected chi connectivity index (χ1v) is 7.63. The number of hydrogen-bond donors (Lipinski definition) is 1. The lowest BCUT2D eigenvalue weighted by Crippen LogP contribution is -2.30. The lowest BCUT2D eigenvalue weighted by molar-refractivity contribution is -0.133. The third-order valence-corrected chi connectivity index (χ3v) is 3.72. The van der Waals surface area contributed by atoms with Crippen LogP contribution >= 0.6 is 0 Å². The summed E-state index contributed by atoms with van der Waals surface area (Å²) in [6.45, 7) is -0.189. The second kappa shape index (κ2) is 7.12. The van der Waals surface area contributed by atoms with Crippen molar-refractivity contribution in [3.63, 3.8) is 0 Å². The minimum absolute atomic E-state index is 0.135. The molecule has 1 N–H and O–H groups in total. The van der Waals surface area contributed by atoms with Gasteiger partial charge in [-0.3, -0.25) is 9.89 Å². The Morgan fingerprint density at radius 3 is 2.80 bits per heavy atom. The highest BCUT2D eigenvalue weighted by atomic mass is 19.1. The predicted molar refractivity (Wildman–Crippen MR) is 89.3 cm³/mol. The van der Waals surface area contributed by atoms with Crippen molar-refractivity contribution in [2.75, 3.05) is 13.7 Å². The predicted octanol–water partition coefficient (Wildman–Crippen LogP) is 2.52. The highest BCUT2D eigenvalue weighted by Gasteiger charge is 2.18. The summed E-state index contributed by atoms with van der Waals surface area (Å²) >= 11 is 0. The van der Waals surface area contributed by atoms with Crippen LogP contribution in [-0.4, -0.2) is 40.6 Å². The maximum absolute atomic E-state index is 13.2. The van der Waals surface area contributed by atoms with Crippen LogP contribution in [0.5, 0.6) is 0 Å². The van der Waals surface area contributed by atoms with Crippen molar-refractivity contribution in [3.8, 4) is 0 Å². The summed E-state index contributed by atoms with van der Waals surface area (Å²) in [4.78, 5) is 25.6. The van der Waals surface area contributed by atoms with Crippen LogP contribution in [0.3, 0.4) is 0 Å². The molecule has 6 nitrogen and oxygen atoms in total. The molecule has 25 heavy (non-hydrogen) atoms. The van der Waals surface area contributed by atoms with E-state index < -0.39 is 18.5 Å². The molecule has 1 amide bonds. The number of carbonyl (C=O) groups is 2. The Hall–Kier alpha value is -3.22. The Balaban J connectivity index is 1.59. The van der Waals surface area contributed by atoms with E-state index in [0.29, 0.717) is 16.5 Å². The number of hydrogen-bond acceptors (Lipinski definition) is 4. The minimum atomic E-state index is -0.676. The Bertz CT molecular complexity index is 923. The van der Waals surface area contributed by atoms with Crippen LogP contribution in [0.1, 0.15) is 16.1 Å². The van der Waals surface area contributed by atoms with Gasteiger partial charge in [-0.15, -0.1) is 0 Å². The Morgan fingerprint density at radius 1 is 1.20 bits per heavy atom. The molecule has 0 unspecified atom stereocenters. The van der Waals surface area contributed by atoms with Gasteiger partial charge in [-0.1, -0.05) is 30.3 Å². The molecular weight excluding hydrogens is 325 g/mol. The highest BCUT2D eigenvalue weighted by molar-refractivity contribution is 6.02. The molecule has 1 heterocycles. The van der Waals surface area contributed by atoms with Gasteiger partial charge in [0.25, 0.3) is 5.91 Å². The molecule has 0 aliphatic heterocycles. The summed E-state index contributed by atoms with van der Waals surface area (Å²) in [6.07, 6.45) is 0. The molecule has 3 aromatic rings. The van der Waals surface area contributed by atoms with Gasteiger partial charge in [0.1, 0.15) is 5.82 Å². The molecule has 1 aromatic heterocycles. The van der Waals surface area contributed by atoms with E-state index in [0.717, 1.165) is 0 Å². The molecule has 0 saturated carbocycles. The fourth-order valence-corrected chi connectivity index (χ4v) is 2.42. The summed E-state index contributed by atoms with van der Waals surface area (Å²) in [5.74, 6) is -1.43. The van der Waals surface area contributed by atoms with E-state index in [9.17, 15) is 14.0 Å². The van der Waals surface area contributed by atoms with E-state index >= 15 is 0 Å². The number of ether oxygens (including phenoxy) is 1. The van der Waals surface area contributed by atoms with Gasteiger partial charge in [-0.2, -0.15) is 5.10 Å². The molecule has 0 aliphatic rings. The lowest BCUT2D eigenvalue weighted by Gasteiger charge is -2.17. The second-order valence-electron chi connectivity index (χ2n) is 5.57. The van der Waals surface area contributed by atoms with Crippen molar-refractivity contribution in [3.05, 3.63) is 65.6 Å². The molecule has 0 bridgehead atoms. The largest absolute Gasteiger partial charge is 0.451 e. The van der Waals surface area contributed by atoms with Gasteiger partial charge < -0.3 is 9.64 Å². The number of H-pyrrole nitrogens is 1. The summed E-state index contributed by atoms with van der Waals surface area (Å²) < 4.78 is 18.2. The van der Waals surface area contributed by atoms with E-state index in [-0.39, 0.29) is 18.1 Å². The number of aromatic amines is 1. The van der Waals surface area contributed by atoms with Crippen molar-refractivity contribution in [1.29, 1.82) is 0 Å². The number of aromatic nitrogens is 2. The average molecular weight is 341 g/mol. The molecular formula is C18H16FN3O3. The van der Waals surface area contributed by atoms with Crippen molar-refractivity contribution in [1.82, 2.24) is 15.1 Å². The Kier molecular flexibility index (Phi) is 4.74. The molecule has 2 aromatic carbocycles. The van der Waals surface area contributed by atoms with Gasteiger partial charge in [0, 0.05) is 19.0 Å². The second-order valence-corrected chi connectivity index (χ2v) is 5.57. The number of nitrogens with one attached hydrogen (secondary N) is 1. The SMILES string of the molecule is CN(Cc1cccc(F)c1)C(=O)COC(=O)c1n[nH]c2ccccc12. The van der Waals surface area contributed by atoms with Crippen LogP contribution in [0, 0.1) is 5.82 Å². The Labute approximate surface area is 143 Å². The average Bonchev–Trinajstić information content (AvgIpc) is 3.03. The maximum Gasteiger partial charge on any atom is 0.359 e. The zero-order chi connectivity index (χ0) is 17.8. The molecule has 128 valence electrons. The van der Waals surface area contributed by atoms with Crippen molar-refractivity contribution >= 4 is 22.8 Å². The smallest absolute Gasteiger partial charge is 0.359 e. The van der Waals surface area contributed by atoms with Gasteiger partial charge >= 0.3 is 5.97 Å². The summed E-state index contributed by atoms with van der Waals surface area (Å²) in [5, 5.41) is 7.30. The number of halogens is 1. The molecule has 0 spiro atoms. The van der Waals surface area contributed by atoms with Crippen LogP contribution in [0.4, 0.5) is 4.39 Å². The number of esters is 1. The van der Waals surface area contributed by atoms with Crippen molar-refractivity contribution < 1.29 is 18.7 Å². The Morgan fingerprint density at radius 2 is 2.00 bits per heavy atom. The van der Waals surface area contributed by atoms with E-state index in [1.807, 2.05) is 6.07 Å².